The van der Waals surface area contributed by atoms with Crippen molar-refractivity contribution in [1.29, 1.82) is 0 Å². The van der Waals surface area contributed by atoms with Gasteiger partial charge in [-0.1, -0.05) is 54.6 Å². The zero-order valence-corrected chi connectivity index (χ0v) is 17.7. The highest BCUT2D eigenvalue weighted by Crippen LogP contribution is 2.35. The van der Waals surface area contributed by atoms with E-state index >= 15 is 0 Å². The number of aromatic nitrogens is 4. The van der Waals surface area contributed by atoms with Crippen LogP contribution in [0.2, 0.25) is 0 Å². The average molecular weight is 421 g/mol. The lowest BCUT2D eigenvalue weighted by atomic mass is 9.97. The zero-order valence-electron chi connectivity index (χ0n) is 17.7. The van der Waals surface area contributed by atoms with Crippen molar-refractivity contribution in [3.63, 3.8) is 0 Å². The predicted molar refractivity (Wildman–Crippen MR) is 127 cm³/mol. The highest BCUT2D eigenvalue weighted by atomic mass is 15.3. The van der Waals surface area contributed by atoms with Gasteiger partial charge >= 0.3 is 0 Å². The first-order chi connectivity index (χ1) is 15.8. The molecule has 3 aromatic heterocycles. The smallest absolute Gasteiger partial charge is 0.170 e. The fourth-order valence-corrected chi connectivity index (χ4v) is 4.61. The number of hydrogen-bond donors (Lipinski definition) is 2. The molecule has 4 heterocycles. The highest BCUT2D eigenvalue weighted by molar-refractivity contribution is 5.98. The number of hydrogen-bond acceptors (Lipinski definition) is 5. The lowest BCUT2D eigenvalue weighted by molar-refractivity contribution is 0.598. The molecule has 1 aliphatic rings. The maximum Gasteiger partial charge on any atom is 0.170 e. The normalized spacial score (nSPS) is 16.2. The van der Waals surface area contributed by atoms with Crippen molar-refractivity contribution in [1.82, 2.24) is 24.9 Å². The highest BCUT2D eigenvalue weighted by Gasteiger charge is 2.23. The second kappa shape index (κ2) is 7.82. The van der Waals surface area contributed by atoms with Crippen molar-refractivity contribution < 1.29 is 0 Å². The Kier molecular flexibility index (Phi) is 4.67. The van der Waals surface area contributed by atoms with E-state index in [0.717, 1.165) is 63.3 Å². The van der Waals surface area contributed by atoms with Crippen molar-refractivity contribution in [3.8, 4) is 22.4 Å². The van der Waals surface area contributed by atoms with Gasteiger partial charge in [0.1, 0.15) is 0 Å². The molecule has 5 aromatic rings. The topological polar surface area (TPSA) is 81.1 Å². The van der Waals surface area contributed by atoms with Crippen LogP contribution in [0.15, 0.2) is 72.9 Å². The van der Waals surface area contributed by atoms with Gasteiger partial charge in [-0.25, -0.2) is 4.98 Å². The largest absolute Gasteiger partial charge is 0.326 e. The molecule has 158 valence electrons. The van der Waals surface area contributed by atoms with E-state index in [9.17, 15) is 0 Å². The molecule has 0 unspecified atom stereocenters. The van der Waals surface area contributed by atoms with Gasteiger partial charge in [0.15, 0.2) is 11.5 Å². The molecule has 3 N–H and O–H groups in total. The van der Waals surface area contributed by atoms with Gasteiger partial charge in [-0.3, -0.25) is 4.40 Å². The van der Waals surface area contributed by atoms with Gasteiger partial charge in [-0.2, -0.15) is 0 Å². The molecule has 32 heavy (non-hydrogen) atoms. The first-order valence-corrected chi connectivity index (χ1v) is 11.1. The molecule has 2 aromatic carbocycles. The fraction of sp³-hybridized carbons (Fsp3) is 0.192. The number of nitrogens with zero attached hydrogens (tertiary/aromatic N) is 4. The van der Waals surface area contributed by atoms with Crippen molar-refractivity contribution in [3.05, 3.63) is 84.3 Å². The summed E-state index contributed by atoms with van der Waals surface area (Å²) in [6, 6.07) is 23.3. The second-order valence-electron chi connectivity index (χ2n) is 8.30. The van der Waals surface area contributed by atoms with Crippen LogP contribution in [0.25, 0.3) is 38.9 Å². The summed E-state index contributed by atoms with van der Waals surface area (Å²) in [5, 5.41) is 13.6. The van der Waals surface area contributed by atoms with E-state index in [1.807, 2.05) is 12.3 Å². The number of fused-ring (bicyclic) bond motifs is 3. The first-order valence-electron chi connectivity index (χ1n) is 11.1. The molecule has 1 saturated heterocycles. The summed E-state index contributed by atoms with van der Waals surface area (Å²) in [4.78, 5) is 5.11. The molecule has 6 heteroatoms. The third-order valence-corrected chi connectivity index (χ3v) is 6.32. The lowest BCUT2D eigenvalue weighted by Crippen LogP contribution is -2.15. The van der Waals surface area contributed by atoms with E-state index in [2.05, 4.69) is 80.6 Å². The monoisotopic (exact) mass is 420 g/mol. The number of nitrogens with one attached hydrogen (secondary N) is 1. The summed E-state index contributed by atoms with van der Waals surface area (Å²) in [5.41, 5.74) is 12.9. The SMILES string of the molecule is NCc1ccc(-c2nc3ccn4c([C@@H]5CCCN5)nnc4c3cc2-c2ccccc2)cc1. The molecule has 0 aliphatic carbocycles. The average Bonchev–Trinajstić information content (AvgIpc) is 3.54. The Bertz CT molecular complexity index is 1400. The Balaban J connectivity index is 1.59. The summed E-state index contributed by atoms with van der Waals surface area (Å²) in [6.07, 6.45) is 4.30. The van der Waals surface area contributed by atoms with Crippen molar-refractivity contribution in [2.45, 2.75) is 25.4 Å². The minimum Gasteiger partial charge on any atom is -0.326 e. The van der Waals surface area contributed by atoms with E-state index < -0.39 is 0 Å². The predicted octanol–water partition coefficient (Wildman–Crippen LogP) is 4.49. The van der Waals surface area contributed by atoms with Gasteiger partial charge in [-0.15, -0.1) is 10.2 Å². The van der Waals surface area contributed by atoms with Crippen molar-refractivity contribution in [2.75, 3.05) is 6.54 Å². The molecule has 0 saturated carbocycles. The quantitative estimate of drug-likeness (QED) is 0.448. The number of rotatable bonds is 4. The van der Waals surface area contributed by atoms with Crippen LogP contribution in [0.3, 0.4) is 0 Å². The maximum atomic E-state index is 5.80. The summed E-state index contributed by atoms with van der Waals surface area (Å²) in [6.45, 7) is 1.55. The Morgan fingerprint density at radius 1 is 0.969 bits per heavy atom. The summed E-state index contributed by atoms with van der Waals surface area (Å²) < 4.78 is 2.11. The minimum absolute atomic E-state index is 0.254. The van der Waals surface area contributed by atoms with Gasteiger partial charge in [0, 0.05) is 29.3 Å². The molecule has 0 amide bonds. The summed E-state index contributed by atoms with van der Waals surface area (Å²) in [7, 11) is 0. The van der Waals surface area contributed by atoms with Gasteiger partial charge in [0.25, 0.3) is 0 Å². The van der Waals surface area contributed by atoms with Gasteiger partial charge in [0.05, 0.1) is 17.3 Å². The van der Waals surface area contributed by atoms with E-state index in [-0.39, 0.29) is 6.04 Å². The number of benzene rings is 2. The van der Waals surface area contributed by atoms with E-state index in [1.165, 1.54) is 6.42 Å². The van der Waals surface area contributed by atoms with Crippen LogP contribution in [0, 0.1) is 0 Å². The summed E-state index contributed by atoms with van der Waals surface area (Å²) >= 11 is 0. The van der Waals surface area contributed by atoms with Crippen LogP contribution in [0.5, 0.6) is 0 Å². The van der Waals surface area contributed by atoms with Crippen LogP contribution >= 0.6 is 0 Å². The minimum atomic E-state index is 0.254. The number of pyridine rings is 2. The van der Waals surface area contributed by atoms with Crippen molar-refractivity contribution in [2.24, 2.45) is 5.73 Å². The molecule has 1 fully saturated rings. The van der Waals surface area contributed by atoms with Crippen LogP contribution in [-0.4, -0.2) is 26.1 Å². The molecule has 0 radical (unpaired) electrons. The molecule has 0 bridgehead atoms. The molecule has 1 aliphatic heterocycles. The lowest BCUT2D eigenvalue weighted by Gasteiger charge is -2.13. The third-order valence-electron chi connectivity index (χ3n) is 6.32. The van der Waals surface area contributed by atoms with Gasteiger partial charge in [0.2, 0.25) is 0 Å². The van der Waals surface area contributed by atoms with Gasteiger partial charge in [-0.05, 0) is 42.6 Å². The molecular formula is C26H24N6. The van der Waals surface area contributed by atoms with Crippen LogP contribution < -0.4 is 11.1 Å². The Morgan fingerprint density at radius 2 is 1.81 bits per heavy atom. The summed E-state index contributed by atoms with van der Waals surface area (Å²) in [5.74, 6) is 0.974. The zero-order chi connectivity index (χ0) is 21.5. The fourth-order valence-electron chi connectivity index (χ4n) is 4.61. The molecule has 6 rings (SSSR count). The first kappa shape index (κ1) is 19.1. The molecule has 1 atom stereocenters. The number of nitrogens with two attached hydrogens (primary N) is 1. The van der Waals surface area contributed by atoms with Crippen LogP contribution in [0.4, 0.5) is 0 Å². The van der Waals surface area contributed by atoms with E-state index in [1.54, 1.807) is 0 Å². The third kappa shape index (κ3) is 3.16. The molecule has 6 nitrogen and oxygen atoms in total. The van der Waals surface area contributed by atoms with Crippen molar-refractivity contribution >= 4 is 16.6 Å². The Labute approximate surface area is 186 Å². The molecule has 0 spiro atoms. The van der Waals surface area contributed by atoms with E-state index in [4.69, 9.17) is 10.7 Å². The maximum absolute atomic E-state index is 5.80. The Hall–Kier alpha value is -3.61. The second-order valence-corrected chi connectivity index (χ2v) is 8.30. The van der Waals surface area contributed by atoms with E-state index in [0.29, 0.717) is 6.54 Å². The van der Waals surface area contributed by atoms with Crippen LogP contribution in [0.1, 0.15) is 30.3 Å². The molecular weight excluding hydrogens is 396 g/mol. The Morgan fingerprint density at radius 3 is 2.56 bits per heavy atom. The van der Waals surface area contributed by atoms with Crippen LogP contribution in [-0.2, 0) is 6.54 Å². The standard InChI is InChI=1S/C26H24N6/c27-16-17-8-10-19(11-9-17)24-20(18-5-2-1-3-6-18)15-21-22(29-24)12-14-32-25(21)30-31-26(32)23-7-4-13-28-23/h1-3,5-6,8-12,14-15,23,28H,4,7,13,16,27H2/t23-/m0/s1. The van der Waals surface area contributed by atoms with Gasteiger partial charge < -0.3 is 11.1 Å².